The third-order valence-electron chi connectivity index (χ3n) is 12.0. The Hall–Kier alpha value is -4.70. The summed E-state index contributed by atoms with van der Waals surface area (Å²) in [6, 6.07) is 25.9. The van der Waals surface area contributed by atoms with Crippen LogP contribution >= 0.6 is 34.0 Å². The molecule has 0 amide bonds. The van der Waals surface area contributed by atoms with Crippen LogP contribution in [0.4, 0.5) is 0 Å². The van der Waals surface area contributed by atoms with E-state index in [1.807, 2.05) is 12.1 Å². The number of thiophene rings is 3. The number of pyridine rings is 2. The molecule has 0 aliphatic carbocycles. The Balaban J connectivity index is 0.975. The van der Waals surface area contributed by atoms with Crippen LogP contribution in [-0.4, -0.2) is 18.8 Å². The van der Waals surface area contributed by atoms with Crippen LogP contribution < -0.4 is 11.1 Å². The number of nitrogens with zero attached hydrogens (tertiary/aromatic N) is 4. The number of imidazole rings is 2. The fourth-order valence-corrected chi connectivity index (χ4v) is 12.1. The first kappa shape index (κ1) is 36.6. The second-order valence-electron chi connectivity index (χ2n) is 15.9. The predicted octanol–water partition coefficient (Wildman–Crippen LogP) is 13.7. The standard InChI is InChI=1S/C48H46N4O2S3/c1-3-5-7-9-11-13-15-29-17-21-31(22-18-29)37-27-35-45(55-37)49-43-33-25-26-34-40-39(33)42(48(54)51(35)43)57-41(40)44-50-46-36(52(44)47(34)53)28-38(56-46)32-23-19-30(20-24-32)16-14-12-10-8-6-4-2/h17-28H,3-16H2,1-2H3. The van der Waals surface area contributed by atoms with Crippen molar-refractivity contribution in [1.82, 2.24) is 18.8 Å². The Kier molecular flexibility index (Phi) is 9.79. The third-order valence-corrected chi connectivity index (χ3v) is 15.3. The van der Waals surface area contributed by atoms with Gasteiger partial charge in [0.2, 0.25) is 0 Å². The molecule has 0 saturated heterocycles. The molecule has 0 fully saturated rings. The van der Waals surface area contributed by atoms with Crippen molar-refractivity contribution in [2.75, 3.05) is 0 Å². The van der Waals surface area contributed by atoms with E-state index in [0.29, 0.717) is 21.4 Å². The van der Waals surface area contributed by atoms with E-state index in [1.54, 1.807) is 31.5 Å². The van der Waals surface area contributed by atoms with Crippen LogP contribution in [0.15, 0.2) is 82.4 Å². The lowest BCUT2D eigenvalue weighted by Gasteiger charge is -2.05. The Morgan fingerprint density at radius 1 is 0.491 bits per heavy atom. The van der Waals surface area contributed by atoms with Gasteiger partial charge in [0.25, 0.3) is 11.1 Å². The fraction of sp³-hybridized carbons (Fsp3) is 0.333. The van der Waals surface area contributed by atoms with E-state index in [-0.39, 0.29) is 11.1 Å². The van der Waals surface area contributed by atoms with Crippen molar-refractivity contribution in [2.45, 2.75) is 104 Å². The maximum atomic E-state index is 14.5. The normalized spacial score (nSPS) is 12.5. The van der Waals surface area contributed by atoms with Crippen molar-refractivity contribution in [2.24, 2.45) is 0 Å². The minimum Gasteiger partial charge on any atom is -0.268 e. The highest BCUT2D eigenvalue weighted by Gasteiger charge is 2.26. The number of hydrogen-bond donors (Lipinski definition) is 0. The summed E-state index contributed by atoms with van der Waals surface area (Å²) in [5.74, 6) is 0. The first-order valence-electron chi connectivity index (χ1n) is 20.9. The van der Waals surface area contributed by atoms with Gasteiger partial charge in [-0.2, -0.15) is 0 Å². The summed E-state index contributed by atoms with van der Waals surface area (Å²) in [6.07, 6.45) is 17.8. The van der Waals surface area contributed by atoms with Crippen molar-refractivity contribution in [1.29, 1.82) is 0 Å². The lowest BCUT2D eigenvalue weighted by molar-refractivity contribution is 0.607. The summed E-state index contributed by atoms with van der Waals surface area (Å²) in [5, 5.41) is 3.17. The summed E-state index contributed by atoms with van der Waals surface area (Å²) in [5.41, 5.74) is 7.78. The highest BCUT2D eigenvalue weighted by atomic mass is 32.1. The molecule has 7 aromatic heterocycles. The Bertz CT molecular complexity index is 3150. The van der Waals surface area contributed by atoms with E-state index in [2.05, 4.69) is 74.5 Å². The minimum atomic E-state index is -0.0977. The van der Waals surface area contributed by atoms with Crippen molar-refractivity contribution in [3.63, 3.8) is 0 Å². The molecule has 3 aromatic carbocycles. The van der Waals surface area contributed by atoms with Crippen molar-refractivity contribution in [3.8, 4) is 20.9 Å². The quantitative estimate of drug-likeness (QED) is 0.0720. The van der Waals surface area contributed by atoms with Crippen molar-refractivity contribution in [3.05, 3.63) is 105 Å². The third kappa shape index (κ3) is 6.33. The fourth-order valence-electron chi connectivity index (χ4n) is 8.84. The van der Waals surface area contributed by atoms with E-state index >= 15 is 0 Å². The first-order chi connectivity index (χ1) is 28.0. The van der Waals surface area contributed by atoms with Crippen LogP contribution in [0.25, 0.3) is 83.8 Å². The van der Waals surface area contributed by atoms with Crippen LogP contribution in [0.5, 0.6) is 0 Å². The van der Waals surface area contributed by atoms with Crippen LogP contribution in [0.3, 0.4) is 0 Å². The van der Waals surface area contributed by atoms with E-state index in [4.69, 9.17) is 9.97 Å². The summed E-state index contributed by atoms with van der Waals surface area (Å²) in [7, 11) is 0. The van der Waals surface area contributed by atoms with Crippen LogP contribution in [0, 0.1) is 0 Å². The summed E-state index contributed by atoms with van der Waals surface area (Å²) < 4.78 is 5.07. The van der Waals surface area contributed by atoms with Gasteiger partial charge in [0.15, 0.2) is 5.65 Å². The minimum absolute atomic E-state index is 0.0893. The Morgan fingerprint density at radius 3 is 1.53 bits per heavy atom. The van der Waals surface area contributed by atoms with Gasteiger partial charge in [0.1, 0.15) is 20.0 Å². The van der Waals surface area contributed by atoms with Gasteiger partial charge in [-0.3, -0.25) is 18.4 Å². The number of hydrogen-bond acceptors (Lipinski definition) is 7. The zero-order valence-corrected chi connectivity index (χ0v) is 35.1. The topological polar surface area (TPSA) is 68.7 Å². The molecule has 6 nitrogen and oxygen atoms in total. The number of aromatic nitrogens is 4. The highest BCUT2D eigenvalue weighted by Crippen LogP contribution is 2.44. The Morgan fingerprint density at radius 2 is 0.965 bits per heavy atom. The van der Waals surface area contributed by atoms with Gasteiger partial charge >= 0.3 is 0 Å². The largest absolute Gasteiger partial charge is 0.274 e. The average molecular weight is 807 g/mol. The summed E-state index contributed by atoms with van der Waals surface area (Å²) in [4.78, 5) is 42.8. The molecule has 57 heavy (non-hydrogen) atoms. The molecule has 0 spiro atoms. The monoisotopic (exact) mass is 806 g/mol. The molecule has 288 valence electrons. The van der Waals surface area contributed by atoms with Gasteiger partial charge in [-0.15, -0.1) is 34.0 Å². The number of unbranched alkanes of at least 4 members (excludes halogenated alkanes) is 10. The average Bonchev–Trinajstić information content (AvgIpc) is 4.05. The van der Waals surface area contributed by atoms with Gasteiger partial charge in [0.05, 0.1) is 15.7 Å². The lowest BCUT2D eigenvalue weighted by atomic mass is 10.0. The molecule has 0 saturated carbocycles. The maximum Gasteiger partial charge on any atom is 0.274 e. The van der Waals surface area contributed by atoms with Crippen LogP contribution in [0.2, 0.25) is 0 Å². The number of fused-ring (bicyclic) bond motifs is 8. The molecular formula is C48H46N4O2S3. The second kappa shape index (κ2) is 15.2. The number of benzene rings is 3. The van der Waals surface area contributed by atoms with Crippen LogP contribution in [-0.2, 0) is 12.8 Å². The molecule has 0 N–H and O–H groups in total. The molecular weight excluding hydrogens is 761 g/mol. The smallest absolute Gasteiger partial charge is 0.268 e. The zero-order chi connectivity index (χ0) is 38.6. The molecule has 10 rings (SSSR count). The van der Waals surface area contributed by atoms with Crippen molar-refractivity contribution < 1.29 is 0 Å². The SMILES string of the molecule is CCCCCCCCc1ccc(-c2cc3c(nc4c5ccc6c(=O)n7c8cc(-c9ccc(CCCCCCCC)cc9)sc8nc7c7sc(c(=O)n34)c5c67)s2)cc1. The second-order valence-corrected chi connectivity index (χ2v) is 18.9. The summed E-state index contributed by atoms with van der Waals surface area (Å²) >= 11 is 4.70. The predicted molar refractivity (Wildman–Crippen MR) is 245 cm³/mol. The van der Waals surface area contributed by atoms with E-state index < -0.39 is 0 Å². The molecule has 10 aromatic rings. The maximum absolute atomic E-state index is 14.5. The molecule has 0 bridgehead atoms. The van der Waals surface area contributed by atoms with E-state index in [0.717, 1.165) is 75.3 Å². The summed E-state index contributed by atoms with van der Waals surface area (Å²) in [6.45, 7) is 4.52. The van der Waals surface area contributed by atoms with Gasteiger partial charge < -0.3 is 0 Å². The van der Waals surface area contributed by atoms with Gasteiger partial charge in [-0.1, -0.05) is 127 Å². The Labute approximate surface area is 343 Å². The molecule has 0 aliphatic heterocycles. The van der Waals surface area contributed by atoms with Gasteiger partial charge in [0, 0.05) is 31.3 Å². The first-order valence-corrected chi connectivity index (χ1v) is 23.4. The van der Waals surface area contributed by atoms with Gasteiger partial charge in [-0.25, -0.2) is 9.97 Å². The van der Waals surface area contributed by atoms with E-state index in [1.165, 1.54) is 99.5 Å². The molecule has 7 heterocycles. The zero-order valence-electron chi connectivity index (χ0n) is 32.7. The lowest BCUT2D eigenvalue weighted by Crippen LogP contribution is -2.13. The molecule has 0 unspecified atom stereocenters. The van der Waals surface area contributed by atoms with Gasteiger partial charge in [-0.05, 0) is 72.2 Å². The molecule has 0 aliphatic rings. The number of aryl methyl sites for hydroxylation is 2. The van der Waals surface area contributed by atoms with Crippen LogP contribution in [0.1, 0.15) is 102 Å². The highest BCUT2D eigenvalue weighted by molar-refractivity contribution is 7.27. The molecule has 0 radical (unpaired) electrons. The molecule has 9 heteroatoms. The molecule has 0 atom stereocenters. The van der Waals surface area contributed by atoms with E-state index in [9.17, 15) is 9.59 Å². The van der Waals surface area contributed by atoms with Crippen molar-refractivity contribution >= 4 is 96.9 Å². The number of rotatable bonds is 16.